The molecule has 0 radical (unpaired) electrons. The SMILES string of the molecule is CC(C)(C)c1ccc2c(c1)C1(c3cc(C(C)(C)C)ccc3S2)c2ccccc2-c2ccc(N(c3cccc(-n4c5ccccc5c5ccccc54)c3)c3ccc4c(c3)C(C)(C)c3ccccc3-4)cc21. The standard InChI is InChI=1S/C66H56N2S/c1-63(2,3)41-28-34-61-57(36-41)66(58-37-42(64(4,5)6)29-35-62(58)69-61)54-25-14-10-21-48(54)50-33-31-46(40-56(50)66)67(45-30-32-49-47-20-9-13-24-53(47)65(7,8)55(49)39-45)43-18-17-19-44(38-43)68-59-26-15-11-22-51(59)52-23-12-16-27-60(52)68/h9-40H,1-8H3. The van der Waals surface area contributed by atoms with Crippen LogP contribution in [0, 0.1) is 0 Å². The first-order valence-electron chi connectivity index (χ1n) is 24.6. The Hall–Kier alpha value is -7.07. The second-order valence-corrected chi connectivity index (χ2v) is 23.3. The van der Waals surface area contributed by atoms with Crippen molar-refractivity contribution in [2.24, 2.45) is 0 Å². The summed E-state index contributed by atoms with van der Waals surface area (Å²) in [6.07, 6.45) is 0. The molecular formula is C66H56N2S. The lowest BCUT2D eigenvalue weighted by atomic mass is 9.65. The molecule has 10 aromatic rings. The van der Waals surface area contributed by atoms with Gasteiger partial charge in [0.2, 0.25) is 0 Å². The summed E-state index contributed by atoms with van der Waals surface area (Å²) in [5.74, 6) is 0. The molecule has 13 rings (SSSR count). The van der Waals surface area contributed by atoms with E-state index in [4.69, 9.17) is 0 Å². The van der Waals surface area contributed by atoms with Crippen molar-refractivity contribution in [3.8, 4) is 27.9 Å². The van der Waals surface area contributed by atoms with E-state index in [-0.39, 0.29) is 16.2 Å². The summed E-state index contributed by atoms with van der Waals surface area (Å²) in [5.41, 5.74) is 22.3. The second kappa shape index (κ2) is 14.7. The second-order valence-electron chi connectivity index (χ2n) is 22.2. The van der Waals surface area contributed by atoms with E-state index in [1.807, 2.05) is 11.8 Å². The van der Waals surface area contributed by atoms with E-state index >= 15 is 0 Å². The molecule has 0 atom stereocenters. The first-order valence-corrected chi connectivity index (χ1v) is 25.4. The average molecular weight is 909 g/mol. The minimum atomic E-state index is -0.557. The molecule has 1 aromatic heterocycles. The number of anilines is 3. The Bertz CT molecular complexity index is 3660. The lowest BCUT2D eigenvalue weighted by molar-refractivity contribution is 0.581. The fourth-order valence-corrected chi connectivity index (χ4v) is 13.4. The van der Waals surface area contributed by atoms with Crippen molar-refractivity contribution in [2.75, 3.05) is 4.90 Å². The highest BCUT2D eigenvalue weighted by Gasteiger charge is 2.51. The summed E-state index contributed by atoms with van der Waals surface area (Å²) in [5, 5.41) is 2.52. The summed E-state index contributed by atoms with van der Waals surface area (Å²) in [6.45, 7) is 18.9. The molecule has 0 unspecified atom stereocenters. The van der Waals surface area contributed by atoms with Gasteiger partial charge in [-0.15, -0.1) is 0 Å². The van der Waals surface area contributed by atoms with Crippen molar-refractivity contribution in [1.29, 1.82) is 0 Å². The van der Waals surface area contributed by atoms with Crippen molar-refractivity contribution in [3.63, 3.8) is 0 Å². The van der Waals surface area contributed by atoms with Gasteiger partial charge >= 0.3 is 0 Å². The third kappa shape index (κ3) is 6.06. The lowest BCUT2D eigenvalue weighted by Crippen LogP contribution is -2.33. The fraction of sp³-hybridized carbons (Fsp3) is 0.182. The van der Waals surface area contributed by atoms with Gasteiger partial charge in [0, 0.05) is 48.7 Å². The van der Waals surface area contributed by atoms with Gasteiger partial charge in [0.1, 0.15) is 0 Å². The number of para-hydroxylation sites is 2. The highest BCUT2D eigenvalue weighted by atomic mass is 32.2. The van der Waals surface area contributed by atoms with Gasteiger partial charge in [0.05, 0.1) is 16.4 Å². The Balaban J connectivity index is 1.10. The molecule has 0 saturated heterocycles. The highest BCUT2D eigenvalue weighted by molar-refractivity contribution is 7.99. The van der Waals surface area contributed by atoms with Gasteiger partial charge in [0.15, 0.2) is 0 Å². The molecule has 2 nitrogen and oxygen atoms in total. The first kappa shape index (κ1) is 42.1. The number of fused-ring (bicyclic) bond motifs is 15. The Morgan fingerprint density at radius 2 is 0.870 bits per heavy atom. The smallest absolute Gasteiger partial charge is 0.0736 e. The van der Waals surface area contributed by atoms with Gasteiger partial charge < -0.3 is 9.47 Å². The van der Waals surface area contributed by atoms with E-state index in [0.717, 1.165) is 22.7 Å². The topological polar surface area (TPSA) is 8.17 Å². The monoisotopic (exact) mass is 908 g/mol. The van der Waals surface area contributed by atoms with Crippen LogP contribution >= 0.6 is 11.8 Å². The van der Waals surface area contributed by atoms with Crippen molar-refractivity contribution in [3.05, 3.63) is 239 Å². The van der Waals surface area contributed by atoms with Gasteiger partial charge in [-0.25, -0.2) is 0 Å². The first-order chi connectivity index (χ1) is 33.2. The zero-order chi connectivity index (χ0) is 47.2. The van der Waals surface area contributed by atoms with Gasteiger partial charge in [-0.1, -0.05) is 195 Å². The van der Waals surface area contributed by atoms with Gasteiger partial charge in [-0.05, 0) is 144 Å². The fourth-order valence-electron chi connectivity index (χ4n) is 12.3. The number of benzene rings is 9. The van der Waals surface area contributed by atoms with Crippen LogP contribution in [0.15, 0.2) is 204 Å². The summed E-state index contributed by atoms with van der Waals surface area (Å²) in [7, 11) is 0. The van der Waals surface area contributed by atoms with Crippen molar-refractivity contribution in [1.82, 2.24) is 4.57 Å². The van der Waals surface area contributed by atoms with Gasteiger partial charge in [0.25, 0.3) is 0 Å². The molecule has 0 fully saturated rings. The minimum absolute atomic E-state index is 0.0313. The lowest BCUT2D eigenvalue weighted by Gasteiger charge is -2.41. The predicted octanol–water partition coefficient (Wildman–Crippen LogP) is 18.0. The molecule has 3 heteroatoms. The molecular weight excluding hydrogens is 853 g/mol. The van der Waals surface area contributed by atoms with Crippen LogP contribution < -0.4 is 4.90 Å². The highest BCUT2D eigenvalue weighted by Crippen LogP contribution is 2.64. The summed E-state index contributed by atoms with van der Waals surface area (Å²) in [4.78, 5) is 5.18. The van der Waals surface area contributed by atoms with Crippen LogP contribution in [0.1, 0.15) is 99.9 Å². The van der Waals surface area contributed by atoms with Crippen LogP contribution in [0.25, 0.3) is 49.7 Å². The van der Waals surface area contributed by atoms with E-state index in [1.54, 1.807) is 0 Å². The predicted molar refractivity (Wildman–Crippen MR) is 292 cm³/mol. The Morgan fingerprint density at radius 1 is 0.391 bits per heavy atom. The van der Waals surface area contributed by atoms with Crippen LogP contribution in [0.4, 0.5) is 17.1 Å². The van der Waals surface area contributed by atoms with E-state index < -0.39 is 5.41 Å². The summed E-state index contributed by atoms with van der Waals surface area (Å²) < 4.78 is 2.44. The Morgan fingerprint density at radius 3 is 1.46 bits per heavy atom. The van der Waals surface area contributed by atoms with E-state index in [0.29, 0.717) is 0 Å². The van der Waals surface area contributed by atoms with Crippen LogP contribution in [0.3, 0.4) is 0 Å². The van der Waals surface area contributed by atoms with Crippen molar-refractivity contribution >= 4 is 50.6 Å². The maximum Gasteiger partial charge on any atom is 0.0736 e. The molecule has 0 bridgehead atoms. The van der Waals surface area contributed by atoms with Gasteiger partial charge in [-0.3, -0.25) is 0 Å². The molecule has 0 saturated carbocycles. The quantitative estimate of drug-likeness (QED) is 0.174. The molecule has 2 heterocycles. The largest absolute Gasteiger partial charge is 0.310 e. The summed E-state index contributed by atoms with van der Waals surface area (Å²) >= 11 is 1.93. The molecule has 1 aliphatic heterocycles. The molecule has 9 aromatic carbocycles. The third-order valence-electron chi connectivity index (χ3n) is 15.8. The number of hydrogen-bond donors (Lipinski definition) is 0. The van der Waals surface area contributed by atoms with Crippen molar-refractivity contribution in [2.45, 2.75) is 86.8 Å². The molecule has 336 valence electrons. The number of aromatic nitrogens is 1. The molecule has 69 heavy (non-hydrogen) atoms. The number of nitrogens with zero attached hydrogens (tertiary/aromatic N) is 2. The molecule has 3 aliphatic rings. The molecule has 2 aliphatic carbocycles. The van der Waals surface area contributed by atoms with E-state index in [2.05, 4.69) is 259 Å². The van der Waals surface area contributed by atoms with Crippen LogP contribution in [-0.4, -0.2) is 4.57 Å². The third-order valence-corrected chi connectivity index (χ3v) is 16.9. The molecule has 0 amide bonds. The molecule has 0 N–H and O–H groups in total. The van der Waals surface area contributed by atoms with Crippen molar-refractivity contribution < 1.29 is 0 Å². The summed E-state index contributed by atoms with van der Waals surface area (Å²) in [6, 6.07) is 74.3. The maximum atomic E-state index is 2.56. The van der Waals surface area contributed by atoms with E-state index in [9.17, 15) is 0 Å². The Labute approximate surface area is 411 Å². The maximum absolute atomic E-state index is 2.56. The number of rotatable bonds is 4. The Kier molecular flexibility index (Phi) is 8.97. The zero-order valence-electron chi connectivity index (χ0n) is 40.8. The average Bonchev–Trinajstić information content (AvgIpc) is 3.92. The molecule has 1 spiro atoms. The van der Waals surface area contributed by atoms with Crippen LogP contribution in [0.2, 0.25) is 0 Å². The van der Waals surface area contributed by atoms with Gasteiger partial charge in [-0.2, -0.15) is 0 Å². The van der Waals surface area contributed by atoms with Crippen LogP contribution in [0.5, 0.6) is 0 Å². The normalized spacial score (nSPS) is 14.8. The zero-order valence-corrected chi connectivity index (χ0v) is 41.6. The number of hydrogen-bond acceptors (Lipinski definition) is 2. The minimum Gasteiger partial charge on any atom is -0.310 e. The van der Waals surface area contributed by atoms with Crippen LogP contribution in [-0.2, 0) is 21.7 Å². The van der Waals surface area contributed by atoms with E-state index in [1.165, 1.54) is 98.4 Å².